The number of nitrogens with one attached hydrogen (secondary N) is 1. The number of hydrogen-bond acceptors (Lipinski definition) is 4. The van der Waals surface area contributed by atoms with E-state index in [0.29, 0.717) is 13.0 Å². The van der Waals surface area contributed by atoms with Crippen molar-refractivity contribution in [3.8, 4) is 0 Å². The molecule has 0 aromatic carbocycles. The molecule has 0 unspecified atom stereocenters. The Kier molecular flexibility index (Phi) is 4.96. The van der Waals surface area contributed by atoms with Crippen molar-refractivity contribution in [1.29, 1.82) is 0 Å². The lowest BCUT2D eigenvalue weighted by atomic mass is 10.1. The molecule has 0 spiro atoms. The molecule has 17 heavy (non-hydrogen) atoms. The lowest BCUT2D eigenvalue weighted by molar-refractivity contribution is 0.0518. The molecule has 5 heteroatoms. The second-order valence-electron chi connectivity index (χ2n) is 4.79. The van der Waals surface area contributed by atoms with E-state index in [9.17, 15) is 9.90 Å². The first-order valence-corrected chi connectivity index (χ1v) is 6.50. The summed E-state index contributed by atoms with van der Waals surface area (Å²) in [6.07, 6.45) is -0.498. The van der Waals surface area contributed by atoms with Gasteiger partial charge in [0.05, 0.1) is 6.10 Å². The molecule has 0 radical (unpaired) electrons. The van der Waals surface area contributed by atoms with Crippen LogP contribution >= 0.6 is 11.3 Å². The summed E-state index contributed by atoms with van der Waals surface area (Å²) in [5.41, 5.74) is 0.400. The maximum Gasteiger partial charge on any atom is 0.407 e. The van der Waals surface area contributed by atoms with Crippen molar-refractivity contribution in [3.63, 3.8) is 0 Å². The zero-order chi connectivity index (χ0) is 12.9. The largest absolute Gasteiger partial charge is 0.444 e. The molecular weight excluding hydrogens is 238 g/mol. The molecule has 1 atom stereocenters. The highest BCUT2D eigenvalue weighted by molar-refractivity contribution is 7.07. The molecule has 4 nitrogen and oxygen atoms in total. The van der Waals surface area contributed by atoms with Gasteiger partial charge < -0.3 is 15.2 Å². The topological polar surface area (TPSA) is 58.6 Å². The Hall–Kier alpha value is -1.07. The van der Waals surface area contributed by atoms with Gasteiger partial charge in [-0.3, -0.25) is 0 Å². The molecule has 0 aliphatic carbocycles. The smallest absolute Gasteiger partial charge is 0.407 e. The van der Waals surface area contributed by atoms with E-state index in [1.54, 1.807) is 11.3 Å². The summed E-state index contributed by atoms with van der Waals surface area (Å²) in [4.78, 5) is 11.3. The van der Waals surface area contributed by atoms with Crippen LogP contribution < -0.4 is 5.32 Å². The van der Waals surface area contributed by atoms with Gasteiger partial charge in [-0.15, -0.1) is 0 Å². The van der Waals surface area contributed by atoms with Gasteiger partial charge >= 0.3 is 6.09 Å². The highest BCUT2D eigenvalue weighted by atomic mass is 32.1. The summed E-state index contributed by atoms with van der Waals surface area (Å²) in [5, 5.41) is 16.2. The predicted octanol–water partition coefficient (Wildman–Crippen LogP) is 2.70. The molecule has 0 aliphatic rings. The molecule has 1 heterocycles. The quantitative estimate of drug-likeness (QED) is 0.872. The summed E-state index contributed by atoms with van der Waals surface area (Å²) in [6.45, 7) is 5.83. The van der Waals surface area contributed by atoms with Crippen molar-refractivity contribution in [1.82, 2.24) is 5.32 Å². The highest BCUT2D eigenvalue weighted by Gasteiger charge is 2.16. The van der Waals surface area contributed by atoms with Crippen LogP contribution in [0.5, 0.6) is 0 Å². The number of ether oxygens (including phenoxy) is 1. The van der Waals surface area contributed by atoms with Crippen LogP contribution in [0.4, 0.5) is 4.79 Å². The van der Waals surface area contributed by atoms with Crippen LogP contribution in [0.3, 0.4) is 0 Å². The molecule has 0 bridgehead atoms. The zero-order valence-electron chi connectivity index (χ0n) is 10.4. The standard InChI is InChI=1S/C12H19NO3S/c1-12(2,3)16-11(15)13-6-4-10(14)9-5-7-17-8-9/h5,7-8,10,14H,4,6H2,1-3H3,(H,13,15)/t10-/m0/s1. The van der Waals surface area contributed by atoms with Crippen molar-refractivity contribution < 1.29 is 14.6 Å². The van der Waals surface area contributed by atoms with Gasteiger partial charge in [0, 0.05) is 6.54 Å². The Morgan fingerprint density at radius 1 is 1.59 bits per heavy atom. The van der Waals surface area contributed by atoms with Gasteiger partial charge in [0.1, 0.15) is 5.60 Å². The minimum absolute atomic E-state index is 0.395. The first-order chi connectivity index (χ1) is 7.88. The van der Waals surface area contributed by atoms with Crippen LogP contribution in [0.15, 0.2) is 16.8 Å². The van der Waals surface area contributed by atoms with Gasteiger partial charge in [-0.05, 0) is 49.6 Å². The SMILES string of the molecule is CC(C)(C)OC(=O)NCC[C@H](O)c1ccsc1. The molecule has 96 valence electrons. The molecule has 0 fully saturated rings. The number of carbonyl (C=O) groups excluding carboxylic acids is 1. The molecule has 2 N–H and O–H groups in total. The van der Waals surface area contributed by atoms with E-state index in [2.05, 4.69) is 5.32 Å². The summed E-state index contributed by atoms with van der Waals surface area (Å²) in [7, 11) is 0. The number of rotatable bonds is 4. The van der Waals surface area contributed by atoms with Gasteiger partial charge in [0.2, 0.25) is 0 Å². The van der Waals surface area contributed by atoms with E-state index in [0.717, 1.165) is 5.56 Å². The fourth-order valence-corrected chi connectivity index (χ4v) is 1.96. The van der Waals surface area contributed by atoms with E-state index in [4.69, 9.17) is 4.74 Å². The normalized spacial score (nSPS) is 13.2. The Labute approximate surface area is 106 Å². The van der Waals surface area contributed by atoms with Gasteiger partial charge in [0.15, 0.2) is 0 Å². The molecule has 1 aromatic heterocycles. The first-order valence-electron chi connectivity index (χ1n) is 5.55. The van der Waals surface area contributed by atoms with Gasteiger partial charge in [-0.1, -0.05) is 0 Å². The minimum atomic E-state index is -0.531. The lowest BCUT2D eigenvalue weighted by Crippen LogP contribution is -2.33. The fourth-order valence-electron chi connectivity index (χ4n) is 1.26. The highest BCUT2D eigenvalue weighted by Crippen LogP contribution is 2.18. The third-order valence-electron chi connectivity index (χ3n) is 2.01. The number of amides is 1. The summed E-state index contributed by atoms with van der Waals surface area (Å²) in [6, 6.07) is 1.88. The number of hydrogen-bond donors (Lipinski definition) is 2. The lowest BCUT2D eigenvalue weighted by Gasteiger charge is -2.20. The summed E-state index contributed by atoms with van der Waals surface area (Å²) >= 11 is 1.54. The Bertz CT molecular complexity index is 343. The second-order valence-corrected chi connectivity index (χ2v) is 5.57. The monoisotopic (exact) mass is 257 g/mol. The molecule has 1 aromatic rings. The second kappa shape index (κ2) is 6.02. The third-order valence-corrected chi connectivity index (χ3v) is 2.72. The van der Waals surface area contributed by atoms with Crippen LogP contribution in [0.1, 0.15) is 38.9 Å². The number of thiophene rings is 1. The summed E-state index contributed by atoms with van der Waals surface area (Å²) in [5.74, 6) is 0. The van der Waals surface area contributed by atoms with E-state index in [1.165, 1.54) is 0 Å². The minimum Gasteiger partial charge on any atom is -0.444 e. The van der Waals surface area contributed by atoms with Gasteiger partial charge in [-0.25, -0.2) is 4.79 Å². The zero-order valence-corrected chi connectivity index (χ0v) is 11.2. The van der Waals surface area contributed by atoms with E-state index in [-0.39, 0.29) is 0 Å². The van der Waals surface area contributed by atoms with Crippen LogP contribution in [0.2, 0.25) is 0 Å². The Morgan fingerprint density at radius 2 is 2.29 bits per heavy atom. The van der Waals surface area contributed by atoms with Gasteiger partial charge in [-0.2, -0.15) is 11.3 Å². The first kappa shape index (κ1) is 14.0. The van der Waals surface area contributed by atoms with Crippen LogP contribution in [0, 0.1) is 0 Å². The maximum absolute atomic E-state index is 11.3. The average molecular weight is 257 g/mol. The number of aliphatic hydroxyl groups is 1. The van der Waals surface area contributed by atoms with Crippen molar-refractivity contribution in [2.24, 2.45) is 0 Å². The number of carbonyl (C=O) groups is 1. The van der Waals surface area contributed by atoms with Gasteiger partial charge in [0.25, 0.3) is 0 Å². The number of aliphatic hydroxyl groups excluding tert-OH is 1. The molecule has 1 amide bonds. The number of alkyl carbamates (subject to hydrolysis) is 1. The Morgan fingerprint density at radius 3 is 2.82 bits per heavy atom. The van der Waals surface area contributed by atoms with Crippen molar-refractivity contribution >= 4 is 17.4 Å². The van der Waals surface area contributed by atoms with E-state index in [1.807, 2.05) is 37.6 Å². The molecular formula is C12H19NO3S. The molecule has 1 rings (SSSR count). The molecule has 0 saturated carbocycles. The third kappa shape index (κ3) is 5.70. The van der Waals surface area contributed by atoms with Crippen LogP contribution in [0.25, 0.3) is 0 Å². The molecule has 0 aliphatic heterocycles. The summed E-state index contributed by atoms with van der Waals surface area (Å²) < 4.78 is 5.08. The van der Waals surface area contributed by atoms with Crippen molar-refractivity contribution in [3.05, 3.63) is 22.4 Å². The predicted molar refractivity (Wildman–Crippen MR) is 68.1 cm³/mol. The van der Waals surface area contributed by atoms with Crippen molar-refractivity contribution in [2.75, 3.05) is 6.54 Å². The maximum atomic E-state index is 11.3. The van der Waals surface area contributed by atoms with Crippen LogP contribution in [-0.4, -0.2) is 23.3 Å². The fraction of sp³-hybridized carbons (Fsp3) is 0.583. The Balaban J connectivity index is 2.22. The van der Waals surface area contributed by atoms with Crippen molar-refractivity contribution in [2.45, 2.75) is 38.9 Å². The average Bonchev–Trinajstić information content (AvgIpc) is 2.66. The van der Waals surface area contributed by atoms with Crippen LogP contribution in [-0.2, 0) is 4.74 Å². The van der Waals surface area contributed by atoms with E-state index >= 15 is 0 Å². The molecule has 0 saturated heterocycles. The van der Waals surface area contributed by atoms with E-state index < -0.39 is 17.8 Å².